The Morgan fingerprint density at radius 1 is 0.361 bits per heavy atom. The molecule has 21 nitrogen and oxygen atoms in total. The molecule has 72 heavy (non-hydrogen) atoms. The summed E-state index contributed by atoms with van der Waals surface area (Å²) in [6.07, 6.45) is 0.827. The monoisotopic (exact) mass is 1340 g/mol. The van der Waals surface area contributed by atoms with Crippen molar-refractivity contribution in [3.05, 3.63) is 0 Å². The third-order valence-electron chi connectivity index (χ3n) is 8.87. The van der Waals surface area contributed by atoms with Crippen LogP contribution in [0, 0.1) is 0 Å². The Kier molecular flexibility index (Phi) is 21.1. The molecule has 4 aliphatic heterocycles. The molecule has 0 aliphatic carbocycles. The van der Waals surface area contributed by atoms with E-state index >= 15 is 0 Å². The van der Waals surface area contributed by atoms with Gasteiger partial charge in [0.05, 0.1) is 0 Å². The molecule has 4 radical (unpaired) electrons. The lowest BCUT2D eigenvalue weighted by Gasteiger charge is -2.57. The van der Waals surface area contributed by atoms with Gasteiger partial charge in [0, 0.05) is 0 Å². The molecule has 0 aromatic heterocycles. The summed E-state index contributed by atoms with van der Waals surface area (Å²) in [6.45, 7) is 61.5. The van der Waals surface area contributed by atoms with Crippen molar-refractivity contribution < 1.29 is 82.3 Å². The minimum absolute atomic E-state index is 0.653. The predicted molar refractivity (Wildman–Crippen MR) is 317 cm³/mol. The normalized spacial score (nSPS) is 33.1. The molecule has 4 aliphatic rings. The Balaban J connectivity index is 2.28. The molecule has 6 bridgehead atoms. The van der Waals surface area contributed by atoms with E-state index in [2.05, 4.69) is 76.2 Å². The molecule has 0 N–H and O–H groups in total. The molecule has 0 aromatic carbocycles. The number of fused-ring (bicyclic) bond motifs is 4. The summed E-state index contributed by atoms with van der Waals surface area (Å²) in [6, 6.07) is 0.666. The maximum Gasteiger partial charge on any atom is 0.651 e. The van der Waals surface area contributed by atoms with Gasteiger partial charge >= 0.3 is 83.3 Å². The fraction of sp³-hybridized carbons (Fsp3) is 1.00. The number of rotatable bonds is 24. The van der Waals surface area contributed by atoms with Crippen molar-refractivity contribution >= 4 is 166 Å². The molecule has 4 saturated heterocycles. The molecular formula is C32H93NO20Si19. The Morgan fingerprint density at radius 3 is 0.958 bits per heavy atom. The number of nitrogens with zero attached hydrogens (tertiary/aromatic N) is 1. The highest BCUT2D eigenvalue weighted by Gasteiger charge is 2.87. The highest BCUT2D eigenvalue weighted by atomic mass is 28.7. The van der Waals surface area contributed by atoms with Crippen LogP contribution in [0.3, 0.4) is 0 Å². The Hall–Kier alpha value is 3.28. The summed E-state index contributed by atoms with van der Waals surface area (Å²) in [5, 5.41) is 0. The van der Waals surface area contributed by atoms with Crippen LogP contribution in [0.5, 0.6) is 0 Å². The largest absolute Gasteiger partial charge is 0.651 e. The van der Waals surface area contributed by atoms with E-state index < -0.39 is 166 Å². The van der Waals surface area contributed by atoms with Crippen molar-refractivity contribution in [3.8, 4) is 0 Å². The lowest BCUT2D eigenvalue weighted by Crippen LogP contribution is -2.88. The molecule has 40 heteroatoms. The summed E-state index contributed by atoms with van der Waals surface area (Å²) in [5.74, 6) is 0. The van der Waals surface area contributed by atoms with E-state index in [9.17, 15) is 0 Å². The lowest BCUT2D eigenvalue weighted by atomic mass is 10.5. The Labute approximate surface area is 458 Å². The average Bonchev–Trinajstić information content (AvgIpc) is 2.96. The van der Waals surface area contributed by atoms with E-state index in [1.165, 1.54) is 0 Å². The van der Waals surface area contributed by atoms with Crippen molar-refractivity contribution in [2.24, 2.45) is 0 Å². The van der Waals surface area contributed by atoms with Gasteiger partial charge in [0.2, 0.25) is 0 Å². The van der Waals surface area contributed by atoms with Crippen molar-refractivity contribution in [3.63, 3.8) is 0 Å². The molecule has 0 saturated carbocycles. The van der Waals surface area contributed by atoms with Crippen LogP contribution in [0.15, 0.2) is 0 Å². The highest BCUT2D eigenvalue weighted by molar-refractivity contribution is 7.01. The third kappa shape index (κ3) is 21.2. The molecule has 4 fully saturated rings. The van der Waals surface area contributed by atoms with Gasteiger partial charge in [-0.2, -0.15) is 0 Å². The first-order valence-electron chi connectivity index (χ1n) is 24.8. The molecule has 0 aromatic rings. The molecular weight excluding hydrogens is 1250 g/mol. The van der Waals surface area contributed by atoms with Crippen LogP contribution in [0.1, 0.15) is 6.42 Å². The van der Waals surface area contributed by atoms with Crippen LogP contribution >= 0.6 is 0 Å². The van der Waals surface area contributed by atoms with Crippen LogP contribution in [0.2, 0.25) is 196 Å². The van der Waals surface area contributed by atoms with Crippen LogP contribution in [0.4, 0.5) is 0 Å². The van der Waals surface area contributed by atoms with Gasteiger partial charge in [0.1, 0.15) is 16.5 Å². The van der Waals surface area contributed by atoms with Gasteiger partial charge in [0.15, 0.2) is 66.5 Å². The fourth-order valence-corrected chi connectivity index (χ4v) is 76.5. The van der Waals surface area contributed by atoms with E-state index in [-0.39, 0.29) is 0 Å². The van der Waals surface area contributed by atoms with Gasteiger partial charge in [-0.15, -0.1) is 0 Å². The van der Waals surface area contributed by atoms with Gasteiger partial charge < -0.3 is 86.5 Å². The molecule has 0 spiro atoms. The minimum Gasteiger partial charge on any atom is -0.435 e. The van der Waals surface area contributed by atoms with Crippen LogP contribution in [-0.2, 0) is 82.3 Å². The Morgan fingerprint density at radius 2 is 0.653 bits per heavy atom. The summed E-state index contributed by atoms with van der Waals surface area (Å²) < 4.78 is 149. The lowest BCUT2D eigenvalue weighted by molar-refractivity contribution is -0.0956. The van der Waals surface area contributed by atoms with Crippen molar-refractivity contribution in [2.45, 2.75) is 202 Å². The Bertz CT molecular complexity index is 1840. The number of hydrogen-bond donors (Lipinski definition) is 0. The van der Waals surface area contributed by atoms with E-state index in [1.54, 1.807) is 0 Å². The molecule has 422 valence electrons. The maximum atomic E-state index is 7.69. The standard InChI is InChI=1S/C32H93NO20Si19/c1-56(2,3)33(57(4,5)6)31-30-32-65(28,29)44-72-49-66(38-59(10,11)12,35-54-34-58(7,8)9)45-69(41-62(19,20)21)46-67(39-60(13,14)15)36-55-37-68(50-72,40-61(16,17)18)48-70(47-67,42-63(22,23)24)52-71(51-69,53-72)43-64(25,26)27/h30-32H2,1-29H3. The van der Waals surface area contributed by atoms with E-state index in [0.717, 1.165) is 13.0 Å². The van der Waals surface area contributed by atoms with Gasteiger partial charge in [-0.05, 0) is 170 Å². The zero-order valence-corrected chi connectivity index (χ0v) is 68.2. The molecule has 7 atom stereocenters. The van der Waals surface area contributed by atoms with Crippen molar-refractivity contribution in [1.82, 2.24) is 4.23 Å². The van der Waals surface area contributed by atoms with E-state index in [1.807, 2.05) is 118 Å². The summed E-state index contributed by atoms with van der Waals surface area (Å²) >= 11 is 0. The fourth-order valence-electron chi connectivity index (χ4n) is 7.55. The van der Waals surface area contributed by atoms with Gasteiger partial charge in [-0.1, -0.05) is 39.3 Å². The predicted octanol–water partition coefficient (Wildman–Crippen LogP) is 8.90. The zero-order chi connectivity index (χ0) is 55.8. The molecule has 7 unspecified atom stereocenters. The first kappa shape index (κ1) is 67.8. The molecule has 4 rings (SSSR count). The van der Waals surface area contributed by atoms with Gasteiger partial charge in [-0.3, -0.25) is 0 Å². The van der Waals surface area contributed by atoms with Crippen molar-refractivity contribution in [2.75, 3.05) is 6.54 Å². The quantitative estimate of drug-likeness (QED) is 0.0833. The summed E-state index contributed by atoms with van der Waals surface area (Å²) in [4.78, 5) is 0. The van der Waals surface area contributed by atoms with Gasteiger partial charge in [0.25, 0.3) is 0 Å². The summed E-state index contributed by atoms with van der Waals surface area (Å²) in [5.41, 5.74) is 0. The SMILES string of the molecule is C[Si](C)(C)O[Si]O[Si]1(O[Si](C)(C)C)O[Si]2(O[Si](C)(C)C)O[Si]3(O[Si](C)(C)C)O[Si]O[Si]4(O[Si](C)(C)C)O[Si](O[Si](C)(C)C)(O3)O[Si](O[Si](C)(C)C)(O2)O[Si](O[Si](C)(C)CCCN([Si](C)(C)C)[Si](C)(C)C)(O1)O4. The summed E-state index contributed by atoms with van der Waals surface area (Å²) in [7, 11) is -62.6. The van der Waals surface area contributed by atoms with Crippen LogP contribution in [-0.4, -0.2) is 177 Å². The number of hydrogen-bond acceptors (Lipinski definition) is 21. The van der Waals surface area contributed by atoms with E-state index in [4.69, 9.17) is 82.3 Å². The van der Waals surface area contributed by atoms with Crippen LogP contribution < -0.4 is 0 Å². The average molecular weight is 1350 g/mol. The second-order valence-electron chi connectivity index (χ2n) is 27.9. The second-order valence-corrected chi connectivity index (χ2v) is 95.3. The highest BCUT2D eigenvalue weighted by Crippen LogP contribution is 2.49. The third-order valence-corrected chi connectivity index (χ3v) is 66.8. The van der Waals surface area contributed by atoms with Crippen molar-refractivity contribution in [1.29, 1.82) is 0 Å². The van der Waals surface area contributed by atoms with Crippen LogP contribution in [0.25, 0.3) is 0 Å². The molecule has 0 amide bonds. The minimum atomic E-state index is -5.20. The second kappa shape index (κ2) is 22.5. The van der Waals surface area contributed by atoms with Gasteiger partial charge in [-0.25, -0.2) is 0 Å². The maximum absolute atomic E-state index is 7.69. The smallest absolute Gasteiger partial charge is 0.435 e. The molecule has 4 heterocycles. The first-order valence-corrected chi connectivity index (χ1v) is 71.7. The van der Waals surface area contributed by atoms with E-state index in [0.29, 0.717) is 6.04 Å². The first-order chi connectivity index (χ1) is 31.6. The zero-order valence-electron chi connectivity index (χ0n) is 49.2. The topological polar surface area (TPSA) is 188 Å².